The van der Waals surface area contributed by atoms with Crippen molar-refractivity contribution >= 4 is 10.9 Å². The number of benzene rings is 1. The van der Waals surface area contributed by atoms with Gasteiger partial charge in [0.15, 0.2) is 0 Å². The molecule has 0 fully saturated rings. The molecule has 1 aliphatic rings. The van der Waals surface area contributed by atoms with E-state index in [-0.39, 0.29) is 11.6 Å². The Labute approximate surface area is 102 Å². The molecular formula is C13H10N2O3. The molecule has 90 valence electrons. The number of hydrogen-bond donors (Lipinski definition) is 1. The minimum absolute atomic E-state index is 0.177. The largest absolute Gasteiger partial charge is 0.497 e. The average molecular weight is 242 g/mol. The minimum Gasteiger partial charge on any atom is -0.497 e. The van der Waals surface area contributed by atoms with Crippen molar-refractivity contribution in [2.24, 2.45) is 0 Å². The Kier molecular flexibility index (Phi) is 2.57. The van der Waals surface area contributed by atoms with Gasteiger partial charge in [0, 0.05) is 6.08 Å². The van der Waals surface area contributed by atoms with Crippen LogP contribution in [0.3, 0.4) is 0 Å². The van der Waals surface area contributed by atoms with Crippen LogP contribution < -0.4 is 10.3 Å². The molecule has 0 saturated heterocycles. The number of rotatable bonds is 2. The van der Waals surface area contributed by atoms with E-state index in [2.05, 4.69) is 9.97 Å². The van der Waals surface area contributed by atoms with Gasteiger partial charge in [0.1, 0.15) is 12.4 Å². The van der Waals surface area contributed by atoms with E-state index in [0.29, 0.717) is 23.3 Å². The number of fused-ring (bicyclic) bond motifs is 1. The van der Waals surface area contributed by atoms with Crippen LogP contribution in [0, 0.1) is 0 Å². The van der Waals surface area contributed by atoms with Crippen LogP contribution in [0.4, 0.5) is 0 Å². The van der Waals surface area contributed by atoms with Gasteiger partial charge in [-0.3, -0.25) is 9.78 Å². The quantitative estimate of drug-likeness (QED) is 0.871. The summed E-state index contributed by atoms with van der Waals surface area (Å²) in [5.74, 6) is 0.597. The highest BCUT2D eigenvalue weighted by atomic mass is 16.5. The molecule has 2 aromatic rings. The van der Waals surface area contributed by atoms with E-state index in [1.54, 1.807) is 30.4 Å². The number of aromatic nitrogens is 2. The first-order chi connectivity index (χ1) is 8.83. The van der Waals surface area contributed by atoms with E-state index < -0.39 is 0 Å². The van der Waals surface area contributed by atoms with Gasteiger partial charge in [0.25, 0.3) is 5.56 Å². The molecule has 3 rings (SSSR count). The van der Waals surface area contributed by atoms with Crippen molar-refractivity contribution in [3.8, 4) is 6.01 Å². The molecule has 0 aliphatic carbocycles. The normalized spacial score (nSPS) is 14.1. The van der Waals surface area contributed by atoms with E-state index in [0.717, 1.165) is 0 Å². The van der Waals surface area contributed by atoms with Crippen LogP contribution in [0.25, 0.3) is 10.9 Å². The Morgan fingerprint density at radius 2 is 2.22 bits per heavy atom. The Hall–Kier alpha value is -2.56. The van der Waals surface area contributed by atoms with Crippen molar-refractivity contribution in [3.05, 3.63) is 58.8 Å². The van der Waals surface area contributed by atoms with E-state index in [1.165, 1.54) is 6.26 Å². The number of nitrogens with zero attached hydrogens (tertiary/aromatic N) is 1. The first-order valence-corrected chi connectivity index (χ1v) is 5.48. The van der Waals surface area contributed by atoms with Crippen molar-refractivity contribution in [2.45, 2.75) is 0 Å². The number of H-pyrrole nitrogens is 1. The molecule has 2 heterocycles. The molecule has 0 saturated carbocycles. The number of ether oxygens (including phenoxy) is 2. The summed E-state index contributed by atoms with van der Waals surface area (Å²) in [6.07, 6.45) is 4.96. The van der Waals surface area contributed by atoms with Gasteiger partial charge in [-0.05, 0) is 18.2 Å². The molecule has 5 nitrogen and oxygen atoms in total. The monoisotopic (exact) mass is 242 g/mol. The number of hydrogen-bond acceptors (Lipinski definition) is 4. The molecule has 1 aromatic carbocycles. The minimum atomic E-state index is -0.216. The van der Waals surface area contributed by atoms with E-state index in [4.69, 9.17) is 9.47 Å². The lowest BCUT2D eigenvalue weighted by molar-refractivity contribution is 0.271. The van der Waals surface area contributed by atoms with Crippen LogP contribution in [0.15, 0.2) is 53.2 Å². The first-order valence-electron chi connectivity index (χ1n) is 5.48. The van der Waals surface area contributed by atoms with Crippen molar-refractivity contribution in [3.63, 3.8) is 0 Å². The maximum atomic E-state index is 11.8. The Morgan fingerprint density at radius 1 is 1.33 bits per heavy atom. The van der Waals surface area contributed by atoms with Gasteiger partial charge in [-0.2, -0.15) is 4.98 Å². The zero-order valence-electron chi connectivity index (χ0n) is 9.42. The molecule has 0 atom stereocenters. The highest BCUT2D eigenvalue weighted by Crippen LogP contribution is 2.13. The predicted octanol–water partition coefficient (Wildman–Crippen LogP) is 1.73. The van der Waals surface area contributed by atoms with Crippen LogP contribution in [0.2, 0.25) is 0 Å². The summed E-state index contributed by atoms with van der Waals surface area (Å²) in [4.78, 5) is 18.6. The fourth-order valence-electron chi connectivity index (χ4n) is 1.67. The fraction of sp³-hybridized carbons (Fsp3) is 0.0769. The SMILES string of the molecule is O=c1[nH]c(OC2=CCOC=C2)nc2ccccc12. The highest BCUT2D eigenvalue weighted by molar-refractivity contribution is 5.77. The van der Waals surface area contributed by atoms with E-state index in [1.807, 2.05) is 6.07 Å². The lowest BCUT2D eigenvalue weighted by atomic mass is 10.2. The smallest absolute Gasteiger partial charge is 0.302 e. The topological polar surface area (TPSA) is 64.2 Å². The third-order valence-electron chi connectivity index (χ3n) is 2.51. The van der Waals surface area contributed by atoms with Gasteiger partial charge >= 0.3 is 6.01 Å². The van der Waals surface area contributed by atoms with Gasteiger partial charge in [0.05, 0.1) is 17.2 Å². The molecule has 0 amide bonds. The molecular weight excluding hydrogens is 232 g/mol. The summed E-state index contributed by atoms with van der Waals surface area (Å²) >= 11 is 0. The molecule has 0 radical (unpaired) electrons. The summed E-state index contributed by atoms with van der Waals surface area (Å²) in [5, 5.41) is 0.543. The second-order valence-electron chi connectivity index (χ2n) is 3.73. The maximum Gasteiger partial charge on any atom is 0.302 e. The second kappa shape index (κ2) is 4.37. The molecule has 0 spiro atoms. The van der Waals surface area contributed by atoms with Crippen LogP contribution in [-0.4, -0.2) is 16.6 Å². The highest BCUT2D eigenvalue weighted by Gasteiger charge is 2.06. The van der Waals surface area contributed by atoms with E-state index >= 15 is 0 Å². The van der Waals surface area contributed by atoms with Gasteiger partial charge in [0.2, 0.25) is 0 Å². The lowest BCUT2D eigenvalue weighted by Crippen LogP contribution is -2.11. The summed E-state index contributed by atoms with van der Waals surface area (Å²) in [6.45, 7) is 0.448. The standard InChI is InChI=1S/C13H10N2O3/c16-12-10-3-1-2-4-11(10)14-13(15-12)18-9-5-7-17-8-6-9/h1-7H,8H2,(H,14,15,16). The zero-order valence-corrected chi connectivity index (χ0v) is 9.42. The van der Waals surface area contributed by atoms with Gasteiger partial charge in [-0.25, -0.2) is 0 Å². The maximum absolute atomic E-state index is 11.8. The summed E-state index contributed by atoms with van der Waals surface area (Å²) in [6, 6.07) is 7.29. The number of nitrogens with one attached hydrogen (secondary N) is 1. The Bertz CT molecular complexity index is 701. The Morgan fingerprint density at radius 3 is 3.06 bits per heavy atom. The molecule has 0 unspecified atom stereocenters. The molecule has 1 N–H and O–H groups in total. The average Bonchev–Trinajstić information content (AvgIpc) is 2.40. The Balaban J connectivity index is 2.00. The van der Waals surface area contributed by atoms with E-state index in [9.17, 15) is 4.79 Å². The summed E-state index contributed by atoms with van der Waals surface area (Å²) < 4.78 is 10.5. The van der Waals surface area contributed by atoms with Crippen LogP contribution in [-0.2, 0) is 4.74 Å². The lowest BCUT2D eigenvalue weighted by Gasteiger charge is -2.09. The van der Waals surface area contributed by atoms with Crippen molar-refractivity contribution < 1.29 is 9.47 Å². The molecule has 5 heteroatoms. The fourth-order valence-corrected chi connectivity index (χ4v) is 1.67. The summed E-state index contributed by atoms with van der Waals surface area (Å²) in [7, 11) is 0. The van der Waals surface area contributed by atoms with Crippen molar-refractivity contribution in [1.82, 2.24) is 9.97 Å². The summed E-state index contributed by atoms with van der Waals surface area (Å²) in [5.41, 5.74) is 0.389. The van der Waals surface area contributed by atoms with Gasteiger partial charge in [-0.15, -0.1) is 0 Å². The molecule has 0 bridgehead atoms. The van der Waals surface area contributed by atoms with Gasteiger partial charge in [-0.1, -0.05) is 12.1 Å². The molecule has 1 aromatic heterocycles. The third-order valence-corrected chi connectivity index (χ3v) is 2.51. The van der Waals surface area contributed by atoms with Crippen LogP contribution in [0.5, 0.6) is 6.01 Å². The second-order valence-corrected chi connectivity index (χ2v) is 3.73. The first kappa shape index (κ1) is 10.6. The van der Waals surface area contributed by atoms with Crippen LogP contribution in [0.1, 0.15) is 0 Å². The molecule has 18 heavy (non-hydrogen) atoms. The van der Waals surface area contributed by atoms with Crippen molar-refractivity contribution in [1.29, 1.82) is 0 Å². The predicted molar refractivity (Wildman–Crippen MR) is 66.2 cm³/mol. The number of para-hydroxylation sites is 1. The zero-order chi connectivity index (χ0) is 12.4. The van der Waals surface area contributed by atoms with Crippen molar-refractivity contribution in [2.75, 3.05) is 6.61 Å². The number of aromatic amines is 1. The number of allylic oxidation sites excluding steroid dienone is 1. The van der Waals surface area contributed by atoms with Gasteiger partial charge < -0.3 is 9.47 Å². The molecule has 1 aliphatic heterocycles. The third kappa shape index (κ3) is 1.98. The van der Waals surface area contributed by atoms with Crippen LogP contribution >= 0.6 is 0 Å².